The van der Waals surface area contributed by atoms with Gasteiger partial charge in [-0.15, -0.1) is 0 Å². The average molecular weight is 338 g/mol. The summed E-state index contributed by atoms with van der Waals surface area (Å²) in [6, 6.07) is 12.9. The zero-order valence-electron chi connectivity index (χ0n) is 13.8. The molecule has 3 aromatic rings. The second kappa shape index (κ2) is 7.12. The second-order valence-corrected chi connectivity index (χ2v) is 5.61. The number of carbonyl (C=O) groups is 1. The predicted octanol–water partition coefficient (Wildman–Crippen LogP) is 0.547. The quantitative estimate of drug-likeness (QED) is 0.736. The highest BCUT2D eigenvalue weighted by Crippen LogP contribution is 2.05. The van der Waals surface area contributed by atoms with Crippen molar-refractivity contribution in [2.75, 3.05) is 7.05 Å². The maximum absolute atomic E-state index is 12.8. The van der Waals surface area contributed by atoms with Gasteiger partial charge >= 0.3 is 5.69 Å². The molecule has 0 aliphatic heterocycles. The van der Waals surface area contributed by atoms with Crippen LogP contribution in [-0.4, -0.2) is 27.1 Å². The first-order valence-electron chi connectivity index (χ1n) is 7.94. The molecule has 1 aromatic carbocycles. The molecule has 128 valence electrons. The lowest BCUT2D eigenvalue weighted by molar-refractivity contribution is -0.121. The van der Waals surface area contributed by atoms with Crippen molar-refractivity contribution >= 4 is 16.9 Å². The number of likely N-dealkylation sites (N-methyl/N-ethyl adjacent to an activating group) is 1. The van der Waals surface area contributed by atoms with Gasteiger partial charge in [0.25, 0.3) is 5.56 Å². The van der Waals surface area contributed by atoms with Crippen molar-refractivity contribution in [2.24, 2.45) is 0 Å². The number of amides is 1. The van der Waals surface area contributed by atoms with Gasteiger partial charge in [-0.25, -0.2) is 9.78 Å². The van der Waals surface area contributed by atoms with Gasteiger partial charge in [0.15, 0.2) is 5.52 Å². The largest absolute Gasteiger partial charge is 0.358 e. The second-order valence-electron chi connectivity index (χ2n) is 5.61. The number of pyridine rings is 1. The first-order chi connectivity index (χ1) is 12.1. The van der Waals surface area contributed by atoms with E-state index in [1.807, 2.05) is 30.3 Å². The van der Waals surface area contributed by atoms with E-state index in [0.29, 0.717) is 11.9 Å². The zero-order valence-corrected chi connectivity index (χ0v) is 13.8. The van der Waals surface area contributed by atoms with Gasteiger partial charge in [-0.3, -0.25) is 18.7 Å². The summed E-state index contributed by atoms with van der Waals surface area (Å²) in [6.07, 6.45) is 2.04. The molecule has 1 amide bonds. The number of hydrogen-bond donors (Lipinski definition) is 1. The minimum atomic E-state index is -0.509. The highest BCUT2D eigenvalue weighted by atomic mass is 16.2. The molecule has 0 saturated carbocycles. The third-order valence-corrected chi connectivity index (χ3v) is 4.03. The van der Waals surface area contributed by atoms with Crippen molar-refractivity contribution in [1.82, 2.24) is 19.4 Å². The zero-order chi connectivity index (χ0) is 17.8. The molecule has 1 N–H and O–H groups in total. The predicted molar refractivity (Wildman–Crippen MR) is 94.5 cm³/mol. The van der Waals surface area contributed by atoms with Crippen LogP contribution in [0.5, 0.6) is 0 Å². The maximum atomic E-state index is 12.8. The molecule has 0 unspecified atom stereocenters. The number of fused-ring (bicyclic) bond motifs is 1. The van der Waals surface area contributed by atoms with E-state index >= 15 is 0 Å². The van der Waals surface area contributed by atoms with E-state index in [1.54, 1.807) is 12.1 Å². The van der Waals surface area contributed by atoms with E-state index in [4.69, 9.17) is 0 Å². The fourth-order valence-corrected chi connectivity index (χ4v) is 2.70. The number of aryl methyl sites for hydroxylation is 1. The lowest BCUT2D eigenvalue weighted by Crippen LogP contribution is -2.42. The van der Waals surface area contributed by atoms with Crippen LogP contribution < -0.4 is 16.6 Å². The molecule has 0 aliphatic carbocycles. The Kier molecular flexibility index (Phi) is 4.74. The van der Waals surface area contributed by atoms with E-state index in [1.165, 1.54) is 17.8 Å². The number of nitrogens with one attached hydrogen (secondary N) is 1. The molecule has 0 radical (unpaired) electrons. The number of benzene rings is 1. The minimum Gasteiger partial charge on any atom is -0.358 e. The molecule has 7 heteroatoms. The van der Waals surface area contributed by atoms with Gasteiger partial charge in [0.05, 0.1) is 5.52 Å². The van der Waals surface area contributed by atoms with Crippen molar-refractivity contribution in [3.8, 4) is 0 Å². The lowest BCUT2D eigenvalue weighted by Gasteiger charge is -2.13. The first kappa shape index (κ1) is 16.6. The normalized spacial score (nSPS) is 10.8. The van der Waals surface area contributed by atoms with Crippen LogP contribution in [0.1, 0.15) is 5.56 Å². The molecule has 2 aromatic heterocycles. The minimum absolute atomic E-state index is 0.164. The SMILES string of the molecule is CNC(=O)Cn1c(=O)n(CCc2ccccc2)c(=O)c2ncccc21. The fourth-order valence-electron chi connectivity index (χ4n) is 2.70. The van der Waals surface area contributed by atoms with Gasteiger partial charge in [-0.05, 0) is 24.1 Å². The van der Waals surface area contributed by atoms with Gasteiger partial charge in [0.1, 0.15) is 6.54 Å². The van der Waals surface area contributed by atoms with Gasteiger partial charge in [-0.2, -0.15) is 0 Å². The van der Waals surface area contributed by atoms with E-state index in [-0.39, 0.29) is 24.5 Å². The highest BCUT2D eigenvalue weighted by molar-refractivity contribution is 5.79. The summed E-state index contributed by atoms with van der Waals surface area (Å²) in [5.74, 6) is -0.319. The Hall–Kier alpha value is -3.22. The van der Waals surface area contributed by atoms with Crippen LogP contribution in [0.3, 0.4) is 0 Å². The Morgan fingerprint density at radius 3 is 2.56 bits per heavy atom. The van der Waals surface area contributed by atoms with Gasteiger partial charge in [0, 0.05) is 19.8 Å². The van der Waals surface area contributed by atoms with E-state index in [9.17, 15) is 14.4 Å². The standard InChI is InChI=1S/C18H18N4O3/c1-19-15(23)12-22-14-8-5-10-20-16(14)17(24)21(18(22)25)11-9-13-6-3-2-4-7-13/h2-8,10H,9,11-12H2,1H3,(H,19,23). The van der Waals surface area contributed by atoms with Crippen molar-refractivity contribution in [2.45, 2.75) is 19.5 Å². The highest BCUT2D eigenvalue weighted by Gasteiger charge is 2.15. The summed E-state index contributed by atoms with van der Waals surface area (Å²) < 4.78 is 2.43. The van der Waals surface area contributed by atoms with Crippen LogP contribution in [0.15, 0.2) is 58.3 Å². The molecule has 25 heavy (non-hydrogen) atoms. The number of nitrogens with zero attached hydrogens (tertiary/aromatic N) is 3. The van der Waals surface area contributed by atoms with Gasteiger partial charge < -0.3 is 5.32 Å². The number of rotatable bonds is 5. The van der Waals surface area contributed by atoms with Crippen molar-refractivity contribution in [3.63, 3.8) is 0 Å². The van der Waals surface area contributed by atoms with Gasteiger partial charge in [-0.1, -0.05) is 30.3 Å². The summed E-state index contributed by atoms with van der Waals surface area (Å²) in [5, 5.41) is 2.49. The van der Waals surface area contributed by atoms with E-state index in [0.717, 1.165) is 10.1 Å². The third kappa shape index (κ3) is 3.35. The van der Waals surface area contributed by atoms with E-state index in [2.05, 4.69) is 10.3 Å². The molecule has 7 nitrogen and oxygen atoms in total. The smallest absolute Gasteiger partial charge is 0.332 e. The Bertz CT molecular complexity index is 1020. The number of aromatic nitrogens is 3. The molecule has 3 rings (SSSR count). The summed E-state index contributed by atoms with van der Waals surface area (Å²) in [4.78, 5) is 41.3. The van der Waals surface area contributed by atoms with Crippen LogP contribution in [0, 0.1) is 0 Å². The van der Waals surface area contributed by atoms with Crippen LogP contribution in [0.2, 0.25) is 0 Å². The van der Waals surface area contributed by atoms with Gasteiger partial charge in [0.2, 0.25) is 5.91 Å². The molecule has 0 aliphatic rings. The lowest BCUT2D eigenvalue weighted by atomic mass is 10.1. The van der Waals surface area contributed by atoms with Crippen LogP contribution in [-0.2, 0) is 24.3 Å². The molecule has 0 fully saturated rings. The Morgan fingerprint density at radius 1 is 1.08 bits per heavy atom. The molecule has 0 bridgehead atoms. The summed E-state index contributed by atoms with van der Waals surface area (Å²) in [5.41, 5.74) is 0.610. The third-order valence-electron chi connectivity index (χ3n) is 4.03. The van der Waals surface area contributed by atoms with Crippen LogP contribution >= 0.6 is 0 Å². The summed E-state index contributed by atoms with van der Waals surface area (Å²) in [6.45, 7) is 0.0606. The Balaban J connectivity index is 2.10. The van der Waals surface area contributed by atoms with Crippen LogP contribution in [0.4, 0.5) is 0 Å². The molecule has 0 saturated heterocycles. The van der Waals surface area contributed by atoms with Crippen molar-refractivity contribution in [3.05, 3.63) is 75.1 Å². The van der Waals surface area contributed by atoms with E-state index < -0.39 is 11.2 Å². The average Bonchev–Trinajstić information content (AvgIpc) is 2.65. The monoisotopic (exact) mass is 338 g/mol. The first-order valence-corrected chi connectivity index (χ1v) is 7.94. The van der Waals surface area contributed by atoms with Crippen molar-refractivity contribution in [1.29, 1.82) is 0 Å². The number of hydrogen-bond acceptors (Lipinski definition) is 4. The molecular weight excluding hydrogens is 320 g/mol. The molecular formula is C18H18N4O3. The number of carbonyl (C=O) groups excluding carboxylic acids is 1. The summed E-state index contributed by atoms with van der Waals surface area (Å²) in [7, 11) is 1.50. The topological polar surface area (TPSA) is 86.0 Å². The fraction of sp³-hybridized carbons (Fsp3) is 0.222. The summed E-state index contributed by atoms with van der Waals surface area (Å²) >= 11 is 0. The Labute approximate surface area is 143 Å². The molecule has 2 heterocycles. The molecule has 0 spiro atoms. The van der Waals surface area contributed by atoms with Crippen molar-refractivity contribution < 1.29 is 4.79 Å². The molecule has 0 atom stereocenters. The maximum Gasteiger partial charge on any atom is 0.332 e. The Morgan fingerprint density at radius 2 is 1.84 bits per heavy atom. The van der Waals surface area contributed by atoms with Crippen LogP contribution in [0.25, 0.3) is 11.0 Å².